The van der Waals surface area contributed by atoms with Crippen LogP contribution in [0.4, 0.5) is 18.9 Å². The fraction of sp³-hybridized carbons (Fsp3) is 0.368. The molecule has 1 N–H and O–H groups in total. The van der Waals surface area contributed by atoms with Gasteiger partial charge in [0.05, 0.1) is 17.7 Å². The quantitative estimate of drug-likeness (QED) is 0.729. The first kappa shape index (κ1) is 21.3. The molecule has 0 amide bonds. The maximum absolute atomic E-state index is 12.5. The number of methoxy groups -OCH3 is 1. The third-order valence-corrected chi connectivity index (χ3v) is 6.04. The Bertz CT molecular complexity index is 950. The number of ether oxygens (including phenoxy) is 2. The second-order valence-corrected chi connectivity index (χ2v) is 8.41. The number of benzene rings is 2. The molecule has 0 bridgehead atoms. The van der Waals surface area contributed by atoms with Crippen LogP contribution < -0.4 is 19.1 Å². The fourth-order valence-corrected chi connectivity index (χ4v) is 4.41. The molecule has 6 nitrogen and oxygen atoms in total. The van der Waals surface area contributed by atoms with Gasteiger partial charge < -0.3 is 14.4 Å². The van der Waals surface area contributed by atoms with Crippen molar-refractivity contribution in [3.8, 4) is 11.5 Å². The highest BCUT2D eigenvalue weighted by molar-refractivity contribution is 7.89. The van der Waals surface area contributed by atoms with E-state index in [0.717, 1.165) is 36.5 Å². The molecule has 1 heterocycles. The van der Waals surface area contributed by atoms with E-state index in [4.69, 9.17) is 4.74 Å². The third-order valence-electron chi connectivity index (χ3n) is 4.62. The number of para-hydroxylation sites is 2. The molecule has 1 atom stereocenters. The van der Waals surface area contributed by atoms with Crippen molar-refractivity contribution < 1.29 is 31.1 Å². The van der Waals surface area contributed by atoms with Gasteiger partial charge in [-0.2, -0.15) is 0 Å². The predicted octanol–water partition coefficient (Wildman–Crippen LogP) is 3.40. The van der Waals surface area contributed by atoms with E-state index in [2.05, 4.69) is 14.4 Å². The van der Waals surface area contributed by atoms with Crippen molar-refractivity contribution in [2.24, 2.45) is 5.92 Å². The summed E-state index contributed by atoms with van der Waals surface area (Å²) >= 11 is 0. The molecule has 1 aliphatic rings. The van der Waals surface area contributed by atoms with Crippen molar-refractivity contribution >= 4 is 15.7 Å². The number of anilines is 1. The number of nitrogens with one attached hydrogen (secondary N) is 1. The first-order valence-electron chi connectivity index (χ1n) is 8.91. The van der Waals surface area contributed by atoms with Crippen LogP contribution in [0, 0.1) is 5.92 Å². The smallest absolute Gasteiger partial charge is 0.495 e. The van der Waals surface area contributed by atoms with Crippen molar-refractivity contribution in [2.45, 2.75) is 17.7 Å². The minimum Gasteiger partial charge on any atom is -0.495 e. The van der Waals surface area contributed by atoms with Gasteiger partial charge >= 0.3 is 6.36 Å². The molecule has 1 saturated heterocycles. The summed E-state index contributed by atoms with van der Waals surface area (Å²) in [6, 6.07) is 11.9. The number of halogens is 3. The van der Waals surface area contributed by atoms with Gasteiger partial charge in [-0.1, -0.05) is 18.2 Å². The van der Waals surface area contributed by atoms with Crippen molar-refractivity contribution in [1.29, 1.82) is 0 Å². The van der Waals surface area contributed by atoms with E-state index >= 15 is 0 Å². The Balaban J connectivity index is 1.62. The summed E-state index contributed by atoms with van der Waals surface area (Å²) in [5.74, 6) is 0.225. The molecule has 1 unspecified atom stereocenters. The maximum Gasteiger partial charge on any atom is 0.573 e. The average molecular weight is 430 g/mol. The van der Waals surface area contributed by atoms with Crippen LogP contribution in [0.1, 0.15) is 6.42 Å². The summed E-state index contributed by atoms with van der Waals surface area (Å²) in [4.78, 5) is 1.84. The molecular weight excluding hydrogens is 409 g/mol. The molecule has 3 rings (SSSR count). The van der Waals surface area contributed by atoms with E-state index in [0.29, 0.717) is 6.54 Å². The number of nitrogens with zero attached hydrogens (tertiary/aromatic N) is 1. The summed E-state index contributed by atoms with van der Waals surface area (Å²) in [7, 11) is -2.37. The van der Waals surface area contributed by atoms with Crippen molar-refractivity contribution in [2.75, 3.05) is 31.6 Å². The summed E-state index contributed by atoms with van der Waals surface area (Å²) < 4.78 is 73.7. The number of alkyl halides is 3. The second-order valence-electron chi connectivity index (χ2n) is 6.65. The lowest BCUT2D eigenvalue weighted by molar-refractivity contribution is -0.274. The number of rotatable bonds is 7. The van der Waals surface area contributed by atoms with E-state index in [1.807, 2.05) is 24.3 Å². The Hall–Kier alpha value is -2.46. The molecule has 29 heavy (non-hydrogen) atoms. The van der Waals surface area contributed by atoms with Gasteiger partial charge in [-0.3, -0.25) is 0 Å². The fourth-order valence-electron chi connectivity index (χ4n) is 3.26. The first-order chi connectivity index (χ1) is 13.7. The zero-order valence-corrected chi connectivity index (χ0v) is 16.5. The van der Waals surface area contributed by atoms with Crippen LogP contribution in [0.3, 0.4) is 0 Å². The highest BCUT2D eigenvalue weighted by atomic mass is 32.2. The number of hydrogen-bond acceptors (Lipinski definition) is 5. The SMILES string of the molecule is COc1ccccc1N1CCC(CNS(=O)(=O)c2cccc(OC(F)(F)F)c2)C1. The minimum absolute atomic E-state index is 0.0595. The lowest BCUT2D eigenvalue weighted by Gasteiger charge is -2.21. The van der Waals surface area contributed by atoms with E-state index in [1.165, 1.54) is 12.1 Å². The molecule has 0 aliphatic carbocycles. The van der Waals surface area contributed by atoms with Gasteiger partial charge in [0.1, 0.15) is 11.5 Å². The molecule has 0 radical (unpaired) electrons. The molecule has 0 aromatic heterocycles. The van der Waals surface area contributed by atoms with Crippen molar-refractivity contribution in [3.05, 3.63) is 48.5 Å². The van der Waals surface area contributed by atoms with Gasteiger partial charge in [0.15, 0.2) is 0 Å². The van der Waals surface area contributed by atoms with Gasteiger partial charge in [-0.25, -0.2) is 13.1 Å². The van der Waals surface area contributed by atoms with Crippen molar-refractivity contribution in [3.63, 3.8) is 0 Å². The molecule has 2 aromatic rings. The summed E-state index contributed by atoms with van der Waals surface area (Å²) in [5.41, 5.74) is 0.942. The van der Waals surface area contributed by atoms with Gasteiger partial charge in [-0.15, -0.1) is 13.2 Å². The second kappa shape index (κ2) is 8.50. The standard InChI is InChI=1S/C19H21F3N2O4S/c1-27-18-8-3-2-7-17(18)24-10-9-14(13-24)12-23-29(25,26)16-6-4-5-15(11-16)28-19(20,21)22/h2-8,11,14,23H,9-10,12-13H2,1H3. The van der Waals surface area contributed by atoms with Gasteiger partial charge in [-0.05, 0) is 36.6 Å². The van der Waals surface area contributed by atoms with E-state index in [9.17, 15) is 21.6 Å². The van der Waals surface area contributed by atoms with Gasteiger partial charge in [0.2, 0.25) is 10.0 Å². The molecule has 0 spiro atoms. The molecule has 0 saturated carbocycles. The zero-order valence-electron chi connectivity index (χ0n) is 15.6. The molecular formula is C19H21F3N2O4S. The summed E-state index contributed by atoms with van der Waals surface area (Å²) in [6.07, 6.45) is -4.11. The van der Waals surface area contributed by atoms with Crippen LogP contribution in [0.5, 0.6) is 11.5 Å². The average Bonchev–Trinajstić information content (AvgIpc) is 3.14. The van der Waals surface area contributed by atoms with Gasteiger partial charge in [0, 0.05) is 25.7 Å². The lowest BCUT2D eigenvalue weighted by atomic mass is 10.1. The van der Waals surface area contributed by atoms with Crippen LogP contribution >= 0.6 is 0 Å². The molecule has 158 valence electrons. The van der Waals surface area contributed by atoms with Gasteiger partial charge in [0.25, 0.3) is 0 Å². The minimum atomic E-state index is -4.89. The largest absolute Gasteiger partial charge is 0.573 e. The van der Waals surface area contributed by atoms with Crippen LogP contribution in [-0.2, 0) is 10.0 Å². The third kappa shape index (κ3) is 5.54. The van der Waals surface area contributed by atoms with Crippen LogP contribution in [-0.4, -0.2) is 41.5 Å². The number of sulfonamides is 1. The Morgan fingerprint density at radius 1 is 1.17 bits per heavy atom. The van der Waals surface area contributed by atoms with E-state index in [-0.39, 0.29) is 17.4 Å². The van der Waals surface area contributed by atoms with E-state index in [1.54, 1.807) is 7.11 Å². The maximum atomic E-state index is 12.5. The predicted molar refractivity (Wildman–Crippen MR) is 102 cm³/mol. The van der Waals surface area contributed by atoms with Crippen LogP contribution in [0.15, 0.2) is 53.4 Å². The molecule has 2 aromatic carbocycles. The van der Waals surface area contributed by atoms with Crippen LogP contribution in [0.2, 0.25) is 0 Å². The topological polar surface area (TPSA) is 67.9 Å². The Morgan fingerprint density at radius 3 is 2.66 bits per heavy atom. The van der Waals surface area contributed by atoms with E-state index < -0.39 is 22.1 Å². The van der Waals surface area contributed by atoms with Crippen molar-refractivity contribution in [1.82, 2.24) is 4.72 Å². The highest BCUT2D eigenvalue weighted by Crippen LogP contribution is 2.32. The zero-order chi connectivity index (χ0) is 21.1. The monoisotopic (exact) mass is 430 g/mol. The Labute approximate surface area is 167 Å². The summed E-state index contributed by atoms with van der Waals surface area (Å²) in [5, 5.41) is 0. The molecule has 10 heteroatoms. The normalized spacial score (nSPS) is 17.4. The number of hydrogen-bond donors (Lipinski definition) is 1. The first-order valence-corrected chi connectivity index (χ1v) is 10.4. The molecule has 1 aliphatic heterocycles. The summed E-state index contributed by atoms with van der Waals surface area (Å²) in [6.45, 7) is 1.57. The lowest BCUT2D eigenvalue weighted by Crippen LogP contribution is -2.31. The van der Waals surface area contributed by atoms with Crippen LogP contribution in [0.25, 0.3) is 0 Å². The Morgan fingerprint density at radius 2 is 1.93 bits per heavy atom. The highest BCUT2D eigenvalue weighted by Gasteiger charge is 2.32. The Kier molecular flexibility index (Phi) is 6.23. The molecule has 1 fully saturated rings.